The number of esters is 1. The first-order valence-corrected chi connectivity index (χ1v) is 7.31. The summed E-state index contributed by atoms with van der Waals surface area (Å²) in [6.07, 6.45) is 0. The summed E-state index contributed by atoms with van der Waals surface area (Å²) in [6, 6.07) is 7.01. The van der Waals surface area contributed by atoms with Gasteiger partial charge in [0.1, 0.15) is 0 Å². The second-order valence-corrected chi connectivity index (χ2v) is 5.49. The molecule has 1 aromatic rings. The molecule has 6 nitrogen and oxygen atoms in total. The summed E-state index contributed by atoms with van der Waals surface area (Å²) in [5, 5.41) is 5.78. The van der Waals surface area contributed by atoms with Crippen molar-refractivity contribution in [1.82, 2.24) is 10.4 Å². The zero-order chi connectivity index (χ0) is 15.2. The second kappa shape index (κ2) is 7.35. The monoisotopic (exact) mass is 309 g/mol. The average Bonchev–Trinajstić information content (AvgIpc) is 2.49. The molecule has 1 saturated heterocycles. The Morgan fingerprint density at radius 1 is 1.29 bits per heavy atom. The number of anilines is 1. The summed E-state index contributed by atoms with van der Waals surface area (Å²) < 4.78 is 4.66. The molecule has 0 radical (unpaired) electrons. The molecular formula is C14H21N4O2S+. The molecule has 114 valence electrons. The number of hydrogen-bond acceptors (Lipinski definition) is 4. The van der Waals surface area contributed by atoms with Crippen LogP contribution in [0, 0.1) is 0 Å². The number of quaternary nitrogens is 1. The number of hydrogen-bond donors (Lipinski definition) is 3. The van der Waals surface area contributed by atoms with Gasteiger partial charge >= 0.3 is 5.97 Å². The molecule has 1 fully saturated rings. The third kappa shape index (κ3) is 4.66. The van der Waals surface area contributed by atoms with E-state index < -0.39 is 0 Å². The minimum absolute atomic E-state index is 0.345. The minimum Gasteiger partial charge on any atom is -0.465 e. The van der Waals surface area contributed by atoms with Crippen LogP contribution in [0.2, 0.25) is 0 Å². The molecule has 7 heteroatoms. The maximum absolute atomic E-state index is 11.3. The van der Waals surface area contributed by atoms with Gasteiger partial charge in [-0.1, -0.05) is 0 Å². The lowest BCUT2D eigenvalue weighted by molar-refractivity contribution is -0.884. The average molecular weight is 309 g/mol. The van der Waals surface area contributed by atoms with E-state index in [1.54, 1.807) is 24.3 Å². The van der Waals surface area contributed by atoms with Crippen LogP contribution in [0.5, 0.6) is 0 Å². The summed E-state index contributed by atoms with van der Waals surface area (Å²) in [5.74, 6) is -0.345. The number of hydrazine groups is 1. The number of likely N-dealkylation sites (N-methyl/N-ethyl adjacent to an activating group) is 1. The first-order valence-electron chi connectivity index (χ1n) is 6.91. The van der Waals surface area contributed by atoms with Gasteiger partial charge in [-0.25, -0.2) is 9.80 Å². The molecule has 1 aliphatic rings. The van der Waals surface area contributed by atoms with Gasteiger partial charge in [0.25, 0.3) is 0 Å². The normalized spacial score (nSPS) is 16.3. The highest BCUT2D eigenvalue weighted by atomic mass is 32.1. The number of methoxy groups -OCH3 is 1. The fraction of sp³-hybridized carbons (Fsp3) is 0.429. The minimum atomic E-state index is -0.345. The number of carbonyl (C=O) groups is 1. The van der Waals surface area contributed by atoms with Gasteiger partial charge in [-0.3, -0.25) is 5.43 Å². The van der Waals surface area contributed by atoms with E-state index in [0.717, 1.165) is 31.9 Å². The van der Waals surface area contributed by atoms with Crippen LogP contribution in [-0.2, 0) is 4.74 Å². The molecule has 1 aliphatic heterocycles. The Morgan fingerprint density at radius 2 is 1.90 bits per heavy atom. The molecule has 0 amide bonds. The SMILES string of the molecule is COC(=O)c1ccc(NC(=S)NN2CC[NH+](C)CC2)cc1. The molecule has 0 aliphatic carbocycles. The molecule has 0 saturated carbocycles. The highest BCUT2D eigenvalue weighted by Crippen LogP contribution is 2.10. The highest BCUT2D eigenvalue weighted by molar-refractivity contribution is 7.80. The molecule has 3 N–H and O–H groups in total. The Morgan fingerprint density at radius 3 is 2.48 bits per heavy atom. The Balaban J connectivity index is 1.83. The number of rotatable bonds is 3. The summed E-state index contributed by atoms with van der Waals surface area (Å²) in [5.41, 5.74) is 4.54. The van der Waals surface area contributed by atoms with Gasteiger partial charge in [0.15, 0.2) is 5.11 Å². The van der Waals surface area contributed by atoms with Crippen molar-refractivity contribution in [3.05, 3.63) is 29.8 Å². The van der Waals surface area contributed by atoms with Crippen LogP contribution in [0.15, 0.2) is 24.3 Å². The Bertz CT molecular complexity index is 498. The predicted octanol–water partition coefficient (Wildman–Crippen LogP) is -0.495. The Hall–Kier alpha value is -1.70. The number of ether oxygens (including phenoxy) is 1. The first kappa shape index (κ1) is 15.7. The standard InChI is InChI=1S/C14H20N4O2S/c1-17-7-9-18(10-8-17)16-14(21)15-12-5-3-11(4-6-12)13(19)20-2/h3-6H,7-10H2,1-2H3,(H2,15,16,21)/p+1. The van der Waals surface area contributed by atoms with Crippen molar-refractivity contribution in [1.29, 1.82) is 0 Å². The van der Waals surface area contributed by atoms with Gasteiger partial charge < -0.3 is 15.0 Å². The Kier molecular flexibility index (Phi) is 5.49. The summed E-state index contributed by atoms with van der Waals surface area (Å²) in [7, 11) is 3.56. The molecule has 21 heavy (non-hydrogen) atoms. The zero-order valence-corrected chi connectivity index (χ0v) is 13.1. The topological polar surface area (TPSA) is 58.0 Å². The van der Waals surface area contributed by atoms with Gasteiger partial charge in [-0.2, -0.15) is 0 Å². The lowest BCUT2D eigenvalue weighted by Crippen LogP contribution is -3.12. The summed E-state index contributed by atoms with van der Waals surface area (Å²) >= 11 is 5.29. The van der Waals surface area contributed by atoms with Crippen LogP contribution in [0.3, 0.4) is 0 Å². The van der Waals surface area contributed by atoms with E-state index in [9.17, 15) is 4.79 Å². The van der Waals surface area contributed by atoms with Crippen LogP contribution < -0.4 is 15.6 Å². The van der Waals surface area contributed by atoms with Crippen molar-refractivity contribution in [3.8, 4) is 0 Å². The maximum atomic E-state index is 11.3. The number of nitrogens with zero attached hydrogens (tertiary/aromatic N) is 1. The number of thiocarbonyl (C=S) groups is 1. The molecular weight excluding hydrogens is 288 g/mol. The number of carbonyl (C=O) groups excluding carboxylic acids is 1. The predicted molar refractivity (Wildman–Crippen MR) is 85.3 cm³/mol. The summed E-state index contributed by atoms with van der Waals surface area (Å²) in [4.78, 5) is 12.9. The van der Waals surface area contributed by atoms with E-state index in [4.69, 9.17) is 12.2 Å². The van der Waals surface area contributed by atoms with Crippen molar-refractivity contribution in [2.75, 3.05) is 45.7 Å². The second-order valence-electron chi connectivity index (χ2n) is 5.08. The molecule has 0 aromatic heterocycles. The van der Waals surface area contributed by atoms with Gasteiger partial charge in [0, 0.05) is 5.69 Å². The molecule has 1 aromatic carbocycles. The van der Waals surface area contributed by atoms with E-state index in [1.807, 2.05) is 0 Å². The quantitative estimate of drug-likeness (QED) is 0.517. The molecule has 0 spiro atoms. The van der Waals surface area contributed by atoms with Gasteiger partial charge in [-0.05, 0) is 36.5 Å². The third-order valence-electron chi connectivity index (χ3n) is 3.44. The highest BCUT2D eigenvalue weighted by Gasteiger charge is 2.16. The first-order chi connectivity index (χ1) is 10.1. The van der Waals surface area contributed by atoms with Gasteiger partial charge in [0.05, 0.1) is 45.9 Å². The molecule has 0 atom stereocenters. The van der Waals surface area contributed by atoms with E-state index >= 15 is 0 Å². The largest absolute Gasteiger partial charge is 0.465 e. The van der Waals surface area contributed by atoms with Crippen molar-refractivity contribution in [3.63, 3.8) is 0 Å². The van der Waals surface area contributed by atoms with Crippen LogP contribution in [0.25, 0.3) is 0 Å². The smallest absolute Gasteiger partial charge is 0.337 e. The molecule has 0 unspecified atom stereocenters. The lowest BCUT2D eigenvalue weighted by Gasteiger charge is -2.31. The van der Waals surface area contributed by atoms with Gasteiger partial charge in [0.2, 0.25) is 0 Å². The van der Waals surface area contributed by atoms with E-state index in [0.29, 0.717) is 10.7 Å². The van der Waals surface area contributed by atoms with Crippen LogP contribution >= 0.6 is 12.2 Å². The number of benzene rings is 1. The lowest BCUT2D eigenvalue weighted by atomic mass is 10.2. The number of nitrogens with one attached hydrogen (secondary N) is 3. The Labute approximate surface area is 130 Å². The van der Waals surface area contributed by atoms with Crippen molar-refractivity contribution >= 4 is 29.0 Å². The fourth-order valence-corrected chi connectivity index (χ4v) is 2.36. The van der Waals surface area contributed by atoms with Crippen LogP contribution in [0.4, 0.5) is 5.69 Å². The fourth-order valence-electron chi connectivity index (χ4n) is 2.11. The van der Waals surface area contributed by atoms with E-state index in [1.165, 1.54) is 12.0 Å². The van der Waals surface area contributed by atoms with E-state index in [2.05, 4.69) is 27.5 Å². The zero-order valence-electron chi connectivity index (χ0n) is 12.3. The van der Waals surface area contributed by atoms with Crippen LogP contribution in [0.1, 0.15) is 10.4 Å². The van der Waals surface area contributed by atoms with Gasteiger partial charge in [-0.15, -0.1) is 0 Å². The molecule has 0 bridgehead atoms. The maximum Gasteiger partial charge on any atom is 0.337 e. The third-order valence-corrected chi connectivity index (χ3v) is 3.63. The van der Waals surface area contributed by atoms with E-state index in [-0.39, 0.29) is 5.97 Å². The molecule has 1 heterocycles. The number of piperazine rings is 1. The molecule has 2 rings (SSSR count). The van der Waals surface area contributed by atoms with Crippen molar-refractivity contribution in [2.24, 2.45) is 0 Å². The van der Waals surface area contributed by atoms with Crippen molar-refractivity contribution < 1.29 is 14.4 Å². The summed E-state index contributed by atoms with van der Waals surface area (Å²) in [6.45, 7) is 4.14. The van der Waals surface area contributed by atoms with Crippen molar-refractivity contribution in [2.45, 2.75) is 0 Å². The van der Waals surface area contributed by atoms with Crippen LogP contribution in [-0.4, -0.2) is 56.4 Å².